The Morgan fingerprint density at radius 2 is 1.91 bits per heavy atom. The van der Waals surface area contributed by atoms with Crippen LogP contribution in [0.1, 0.15) is 41.4 Å². The number of hydrogen-bond acceptors (Lipinski definition) is 4. The van der Waals surface area contributed by atoms with Crippen LogP contribution in [0.4, 0.5) is 0 Å². The molecule has 0 aliphatic carbocycles. The van der Waals surface area contributed by atoms with Crippen LogP contribution in [-0.4, -0.2) is 18.4 Å². The number of rotatable bonds is 6. The first-order valence-corrected chi connectivity index (χ1v) is 8.33. The van der Waals surface area contributed by atoms with Crippen molar-refractivity contribution < 1.29 is 14.3 Å². The molecule has 0 aliphatic heterocycles. The molecule has 6 heteroatoms. The second-order valence-electron chi connectivity index (χ2n) is 5.15. The first kappa shape index (κ1) is 17.0. The molecule has 0 saturated carbocycles. The minimum atomic E-state index is -0.416. The highest BCUT2D eigenvalue weighted by molar-refractivity contribution is 7.12. The number of ether oxygens (including phenoxy) is 1. The molecule has 122 valence electrons. The molecule has 0 radical (unpaired) electrons. The first-order valence-electron chi connectivity index (χ1n) is 7.45. The number of benzene rings is 1. The molecule has 1 unspecified atom stereocenters. The molecule has 2 N–H and O–H groups in total. The van der Waals surface area contributed by atoms with Gasteiger partial charge >= 0.3 is 0 Å². The number of thiophene rings is 1. The summed E-state index contributed by atoms with van der Waals surface area (Å²) in [6.07, 6.45) is 1.08. The van der Waals surface area contributed by atoms with Gasteiger partial charge in [-0.3, -0.25) is 20.4 Å². The van der Waals surface area contributed by atoms with Crippen LogP contribution in [0.15, 0.2) is 41.8 Å². The van der Waals surface area contributed by atoms with Crippen molar-refractivity contribution in [3.63, 3.8) is 0 Å². The number of hydrogen-bond donors (Lipinski definition) is 2. The fourth-order valence-corrected chi connectivity index (χ4v) is 2.53. The Balaban J connectivity index is 1.75. The summed E-state index contributed by atoms with van der Waals surface area (Å²) in [4.78, 5) is 23.9. The average Bonchev–Trinajstić information content (AvgIpc) is 3.12. The Bertz CT molecular complexity index is 638. The molecule has 0 saturated heterocycles. The van der Waals surface area contributed by atoms with Gasteiger partial charge in [-0.15, -0.1) is 11.3 Å². The summed E-state index contributed by atoms with van der Waals surface area (Å²) < 4.78 is 5.40. The molecule has 1 aromatic carbocycles. The minimum Gasteiger partial charge on any atom is -0.484 e. The summed E-state index contributed by atoms with van der Waals surface area (Å²) in [5.41, 5.74) is 5.91. The number of nitrogens with one attached hydrogen (secondary N) is 2. The molecule has 2 aromatic rings. The molecule has 5 nitrogen and oxygen atoms in total. The van der Waals surface area contributed by atoms with E-state index in [0.29, 0.717) is 16.5 Å². The highest BCUT2D eigenvalue weighted by Crippen LogP contribution is 2.21. The monoisotopic (exact) mass is 332 g/mol. The maximum absolute atomic E-state index is 11.7. The molecule has 2 rings (SSSR count). The van der Waals surface area contributed by atoms with Gasteiger partial charge in [-0.25, -0.2) is 0 Å². The van der Waals surface area contributed by atoms with E-state index in [2.05, 4.69) is 24.7 Å². The average molecular weight is 332 g/mol. The highest BCUT2D eigenvalue weighted by Gasteiger charge is 2.09. The Hall–Kier alpha value is -2.34. The van der Waals surface area contributed by atoms with Crippen LogP contribution in [0, 0.1) is 0 Å². The first-order chi connectivity index (χ1) is 11.1. The molecule has 1 aromatic heterocycles. The van der Waals surface area contributed by atoms with E-state index in [9.17, 15) is 9.59 Å². The number of amides is 2. The lowest BCUT2D eigenvalue weighted by Gasteiger charge is -2.11. The molecular weight excluding hydrogens is 312 g/mol. The highest BCUT2D eigenvalue weighted by atomic mass is 32.1. The topological polar surface area (TPSA) is 67.4 Å². The zero-order valence-electron chi connectivity index (χ0n) is 13.2. The van der Waals surface area contributed by atoms with E-state index in [1.807, 2.05) is 24.3 Å². The summed E-state index contributed by atoms with van der Waals surface area (Å²) in [5, 5.41) is 1.79. The van der Waals surface area contributed by atoms with Crippen LogP contribution < -0.4 is 15.6 Å². The van der Waals surface area contributed by atoms with Crippen molar-refractivity contribution in [1.82, 2.24) is 10.9 Å². The molecule has 23 heavy (non-hydrogen) atoms. The second-order valence-corrected chi connectivity index (χ2v) is 6.09. The van der Waals surface area contributed by atoms with Crippen molar-refractivity contribution in [2.75, 3.05) is 6.61 Å². The van der Waals surface area contributed by atoms with E-state index < -0.39 is 5.91 Å². The lowest BCUT2D eigenvalue weighted by atomic mass is 9.99. The van der Waals surface area contributed by atoms with Gasteiger partial charge in [0.2, 0.25) is 0 Å². The van der Waals surface area contributed by atoms with Crippen molar-refractivity contribution in [2.24, 2.45) is 0 Å². The zero-order chi connectivity index (χ0) is 16.7. The normalized spacial score (nSPS) is 11.6. The Kier molecular flexibility index (Phi) is 6.17. The summed E-state index contributed by atoms with van der Waals surface area (Å²) >= 11 is 1.30. The summed E-state index contributed by atoms with van der Waals surface area (Å²) in [7, 11) is 0. The second kappa shape index (κ2) is 8.33. The predicted octanol–water partition coefficient (Wildman–Crippen LogP) is 3.10. The summed E-state index contributed by atoms with van der Waals surface area (Å²) in [6.45, 7) is 4.15. The Morgan fingerprint density at radius 3 is 2.52 bits per heavy atom. The van der Waals surface area contributed by atoms with Crippen molar-refractivity contribution in [2.45, 2.75) is 26.2 Å². The van der Waals surface area contributed by atoms with Crippen LogP contribution in [0.3, 0.4) is 0 Å². The number of carbonyl (C=O) groups excluding carboxylic acids is 2. The minimum absolute atomic E-state index is 0.159. The molecule has 0 bridgehead atoms. The van der Waals surface area contributed by atoms with E-state index in [4.69, 9.17) is 4.74 Å². The van der Waals surface area contributed by atoms with E-state index in [-0.39, 0.29) is 12.5 Å². The fraction of sp³-hybridized carbons (Fsp3) is 0.294. The van der Waals surface area contributed by atoms with Crippen LogP contribution in [0.5, 0.6) is 5.75 Å². The van der Waals surface area contributed by atoms with Gasteiger partial charge < -0.3 is 4.74 Å². The molecule has 1 heterocycles. The molecule has 0 spiro atoms. The van der Waals surface area contributed by atoms with Crippen LogP contribution >= 0.6 is 11.3 Å². The van der Waals surface area contributed by atoms with Crippen LogP contribution in [0.25, 0.3) is 0 Å². The lowest BCUT2D eigenvalue weighted by Crippen LogP contribution is -2.43. The molecular formula is C17H20N2O3S. The molecule has 1 atom stereocenters. The van der Waals surface area contributed by atoms with Gasteiger partial charge in [0.1, 0.15) is 5.75 Å². The number of hydrazine groups is 1. The Labute approximate surface area is 139 Å². The van der Waals surface area contributed by atoms with E-state index >= 15 is 0 Å². The largest absolute Gasteiger partial charge is 0.484 e. The molecule has 0 fully saturated rings. The number of carbonyl (C=O) groups is 2. The van der Waals surface area contributed by atoms with Gasteiger partial charge in [0, 0.05) is 0 Å². The summed E-state index contributed by atoms with van der Waals surface area (Å²) in [5.74, 6) is 0.365. The van der Waals surface area contributed by atoms with Crippen LogP contribution in [-0.2, 0) is 4.79 Å². The van der Waals surface area contributed by atoms with Crippen molar-refractivity contribution in [3.8, 4) is 5.75 Å². The predicted molar refractivity (Wildman–Crippen MR) is 90.6 cm³/mol. The van der Waals surface area contributed by atoms with Crippen molar-refractivity contribution in [3.05, 3.63) is 52.2 Å². The molecule has 0 aliphatic rings. The quantitative estimate of drug-likeness (QED) is 0.799. The van der Waals surface area contributed by atoms with Gasteiger partial charge in [-0.05, 0) is 41.5 Å². The zero-order valence-corrected chi connectivity index (χ0v) is 14.0. The third-order valence-electron chi connectivity index (χ3n) is 3.49. The standard InChI is InChI=1S/C17H20N2O3S/c1-3-12(2)13-6-8-14(9-7-13)22-11-16(20)18-19-17(21)15-5-4-10-23-15/h4-10,12H,3,11H2,1-2H3,(H,18,20)(H,19,21). The third-order valence-corrected chi connectivity index (χ3v) is 4.36. The Morgan fingerprint density at radius 1 is 1.17 bits per heavy atom. The van der Waals surface area contributed by atoms with E-state index in [1.54, 1.807) is 17.5 Å². The van der Waals surface area contributed by atoms with Crippen molar-refractivity contribution >= 4 is 23.2 Å². The SMILES string of the molecule is CCC(C)c1ccc(OCC(=O)NNC(=O)c2cccs2)cc1. The van der Waals surface area contributed by atoms with E-state index in [1.165, 1.54) is 16.9 Å². The van der Waals surface area contributed by atoms with Gasteiger partial charge in [-0.1, -0.05) is 32.0 Å². The smallest absolute Gasteiger partial charge is 0.279 e. The van der Waals surface area contributed by atoms with Gasteiger partial charge in [0.05, 0.1) is 4.88 Å². The van der Waals surface area contributed by atoms with E-state index in [0.717, 1.165) is 6.42 Å². The van der Waals surface area contributed by atoms with Gasteiger partial charge in [0.25, 0.3) is 11.8 Å². The van der Waals surface area contributed by atoms with Gasteiger partial charge in [-0.2, -0.15) is 0 Å². The maximum Gasteiger partial charge on any atom is 0.279 e. The maximum atomic E-state index is 11.7. The van der Waals surface area contributed by atoms with Crippen molar-refractivity contribution in [1.29, 1.82) is 0 Å². The molecule has 2 amide bonds. The lowest BCUT2D eigenvalue weighted by molar-refractivity contribution is -0.123. The summed E-state index contributed by atoms with van der Waals surface area (Å²) in [6, 6.07) is 11.1. The van der Waals surface area contributed by atoms with Gasteiger partial charge in [0.15, 0.2) is 6.61 Å². The third kappa shape index (κ3) is 5.10. The fourth-order valence-electron chi connectivity index (χ4n) is 1.91. The van der Waals surface area contributed by atoms with Crippen LogP contribution in [0.2, 0.25) is 0 Å².